The van der Waals surface area contributed by atoms with Crippen molar-refractivity contribution in [2.45, 2.75) is 12.3 Å². The summed E-state index contributed by atoms with van der Waals surface area (Å²) in [6.07, 6.45) is -0.769. The normalized spacial score (nSPS) is 9.47. The molecule has 0 aromatic heterocycles. The van der Waals surface area contributed by atoms with E-state index in [1.54, 1.807) is 12.1 Å². The topological polar surface area (TPSA) is 55.4 Å². The van der Waals surface area contributed by atoms with Crippen LogP contribution in [0, 0.1) is 0 Å². The number of alkyl halides is 1. The van der Waals surface area contributed by atoms with E-state index in [1.165, 1.54) is 6.92 Å². The summed E-state index contributed by atoms with van der Waals surface area (Å²) in [7, 11) is 0. The molecule has 1 rings (SSSR count). The standard InChI is InChI=1S/C10H10BrNO3/c1-7(13)15-10(14)12-9-4-2-8(6-11)3-5-9/h2-5H,6H2,1H3,(H,12,14). The highest BCUT2D eigenvalue weighted by molar-refractivity contribution is 9.08. The van der Waals surface area contributed by atoms with Crippen LogP contribution in [-0.2, 0) is 14.9 Å². The number of rotatable bonds is 2. The Morgan fingerprint density at radius 3 is 2.40 bits per heavy atom. The average Bonchev–Trinajstić information content (AvgIpc) is 2.17. The van der Waals surface area contributed by atoms with Gasteiger partial charge in [0.25, 0.3) is 0 Å². The van der Waals surface area contributed by atoms with E-state index in [4.69, 9.17) is 0 Å². The van der Waals surface area contributed by atoms with Gasteiger partial charge in [-0.15, -0.1) is 0 Å². The quantitative estimate of drug-likeness (QED) is 0.511. The minimum Gasteiger partial charge on any atom is -0.376 e. The van der Waals surface area contributed by atoms with E-state index >= 15 is 0 Å². The van der Waals surface area contributed by atoms with Gasteiger partial charge in [0, 0.05) is 17.9 Å². The first-order valence-electron chi connectivity index (χ1n) is 4.26. The molecule has 1 aromatic carbocycles. The Morgan fingerprint density at radius 2 is 1.93 bits per heavy atom. The van der Waals surface area contributed by atoms with Gasteiger partial charge >= 0.3 is 12.1 Å². The fraction of sp³-hybridized carbons (Fsp3) is 0.200. The Hall–Kier alpha value is -1.36. The number of ether oxygens (including phenoxy) is 1. The molecule has 0 atom stereocenters. The van der Waals surface area contributed by atoms with E-state index in [0.717, 1.165) is 10.9 Å². The lowest BCUT2D eigenvalue weighted by Gasteiger charge is -2.04. The van der Waals surface area contributed by atoms with E-state index in [-0.39, 0.29) is 0 Å². The predicted octanol–water partition coefficient (Wildman–Crippen LogP) is 2.68. The molecule has 0 unspecified atom stereocenters. The van der Waals surface area contributed by atoms with Crippen LogP contribution in [0.5, 0.6) is 0 Å². The second-order valence-electron chi connectivity index (χ2n) is 2.84. The maximum atomic E-state index is 11.0. The minimum atomic E-state index is -0.769. The van der Waals surface area contributed by atoms with E-state index < -0.39 is 12.1 Å². The summed E-state index contributed by atoms with van der Waals surface area (Å²) < 4.78 is 4.31. The summed E-state index contributed by atoms with van der Waals surface area (Å²) in [5.41, 5.74) is 1.69. The minimum absolute atomic E-state index is 0.589. The largest absolute Gasteiger partial charge is 0.419 e. The van der Waals surface area contributed by atoms with Crippen LogP contribution in [-0.4, -0.2) is 12.1 Å². The number of amides is 1. The van der Waals surface area contributed by atoms with Crippen LogP contribution in [0.25, 0.3) is 0 Å². The summed E-state index contributed by atoms with van der Waals surface area (Å²) in [5.74, 6) is -0.635. The molecule has 5 heteroatoms. The molecule has 0 aliphatic rings. The van der Waals surface area contributed by atoms with Crippen molar-refractivity contribution in [3.8, 4) is 0 Å². The van der Waals surface area contributed by atoms with Crippen molar-refractivity contribution in [2.24, 2.45) is 0 Å². The van der Waals surface area contributed by atoms with Gasteiger partial charge in [0.2, 0.25) is 0 Å². The molecular formula is C10H10BrNO3. The molecule has 0 saturated carbocycles. The second kappa shape index (κ2) is 5.50. The molecule has 0 aliphatic carbocycles. The Labute approximate surface area is 95.7 Å². The predicted molar refractivity (Wildman–Crippen MR) is 59.9 cm³/mol. The maximum absolute atomic E-state index is 11.0. The highest BCUT2D eigenvalue weighted by Crippen LogP contribution is 2.11. The van der Waals surface area contributed by atoms with Crippen molar-refractivity contribution in [2.75, 3.05) is 5.32 Å². The lowest BCUT2D eigenvalue weighted by Crippen LogP contribution is -2.16. The van der Waals surface area contributed by atoms with Crippen molar-refractivity contribution in [1.82, 2.24) is 0 Å². The molecule has 80 valence electrons. The Bertz CT molecular complexity index is 361. The number of nitrogens with one attached hydrogen (secondary N) is 1. The fourth-order valence-electron chi connectivity index (χ4n) is 0.951. The SMILES string of the molecule is CC(=O)OC(=O)Nc1ccc(CBr)cc1. The van der Waals surface area contributed by atoms with Gasteiger partial charge in [-0.1, -0.05) is 28.1 Å². The van der Waals surface area contributed by atoms with Crippen molar-refractivity contribution < 1.29 is 14.3 Å². The average molecular weight is 272 g/mol. The van der Waals surface area contributed by atoms with Gasteiger partial charge in [0.15, 0.2) is 0 Å². The summed E-state index contributed by atoms with van der Waals surface area (Å²) in [4.78, 5) is 21.5. The number of hydrogen-bond acceptors (Lipinski definition) is 3. The monoisotopic (exact) mass is 271 g/mol. The van der Waals surface area contributed by atoms with E-state index in [9.17, 15) is 9.59 Å². The molecule has 0 spiro atoms. The van der Waals surface area contributed by atoms with Gasteiger partial charge in [-0.2, -0.15) is 0 Å². The highest BCUT2D eigenvalue weighted by atomic mass is 79.9. The molecule has 4 nitrogen and oxygen atoms in total. The highest BCUT2D eigenvalue weighted by Gasteiger charge is 2.05. The van der Waals surface area contributed by atoms with E-state index in [2.05, 4.69) is 26.0 Å². The van der Waals surface area contributed by atoms with Crippen molar-refractivity contribution in [1.29, 1.82) is 0 Å². The maximum Gasteiger partial charge on any atom is 0.419 e. The van der Waals surface area contributed by atoms with Crippen LogP contribution in [0.2, 0.25) is 0 Å². The second-order valence-corrected chi connectivity index (χ2v) is 3.40. The van der Waals surface area contributed by atoms with Crippen LogP contribution in [0.3, 0.4) is 0 Å². The van der Waals surface area contributed by atoms with Gasteiger partial charge in [0.1, 0.15) is 0 Å². The Morgan fingerprint density at radius 1 is 1.33 bits per heavy atom. The first kappa shape index (κ1) is 11.7. The molecule has 1 aromatic rings. The number of carbonyl (C=O) groups is 2. The van der Waals surface area contributed by atoms with Crippen LogP contribution in [0.4, 0.5) is 10.5 Å². The molecule has 0 radical (unpaired) electrons. The number of esters is 1. The number of benzene rings is 1. The smallest absolute Gasteiger partial charge is 0.376 e. The number of carbonyl (C=O) groups excluding carboxylic acids is 2. The van der Waals surface area contributed by atoms with Gasteiger partial charge in [-0.3, -0.25) is 10.1 Å². The fourth-order valence-corrected chi connectivity index (χ4v) is 1.32. The van der Waals surface area contributed by atoms with Crippen molar-refractivity contribution in [3.05, 3.63) is 29.8 Å². The van der Waals surface area contributed by atoms with Crippen LogP contribution < -0.4 is 5.32 Å². The Balaban J connectivity index is 2.57. The first-order valence-corrected chi connectivity index (χ1v) is 5.38. The van der Waals surface area contributed by atoms with E-state index in [0.29, 0.717) is 5.69 Å². The lowest BCUT2D eigenvalue weighted by atomic mass is 10.2. The third kappa shape index (κ3) is 4.12. The zero-order valence-corrected chi connectivity index (χ0v) is 9.71. The molecule has 15 heavy (non-hydrogen) atoms. The molecule has 0 aliphatic heterocycles. The van der Waals surface area contributed by atoms with Gasteiger partial charge in [-0.05, 0) is 17.7 Å². The number of halogens is 1. The van der Waals surface area contributed by atoms with Crippen LogP contribution >= 0.6 is 15.9 Å². The molecular weight excluding hydrogens is 262 g/mol. The summed E-state index contributed by atoms with van der Waals surface area (Å²) in [5, 5.41) is 3.18. The zero-order valence-electron chi connectivity index (χ0n) is 8.12. The molecule has 1 N–H and O–H groups in total. The van der Waals surface area contributed by atoms with Gasteiger partial charge < -0.3 is 4.74 Å². The summed E-state index contributed by atoms with van der Waals surface area (Å²) >= 11 is 3.31. The molecule has 1 amide bonds. The van der Waals surface area contributed by atoms with Crippen LogP contribution in [0.1, 0.15) is 12.5 Å². The van der Waals surface area contributed by atoms with Crippen LogP contribution in [0.15, 0.2) is 24.3 Å². The zero-order chi connectivity index (χ0) is 11.3. The third-order valence-electron chi connectivity index (χ3n) is 1.59. The molecule has 0 saturated heterocycles. The van der Waals surface area contributed by atoms with Gasteiger partial charge in [-0.25, -0.2) is 4.79 Å². The van der Waals surface area contributed by atoms with E-state index in [1.807, 2.05) is 12.1 Å². The number of hydrogen-bond donors (Lipinski definition) is 1. The van der Waals surface area contributed by atoms with Gasteiger partial charge in [0.05, 0.1) is 0 Å². The molecule has 0 heterocycles. The van der Waals surface area contributed by atoms with Crippen molar-refractivity contribution >= 4 is 33.7 Å². The number of anilines is 1. The molecule has 0 fully saturated rings. The Kier molecular flexibility index (Phi) is 4.30. The summed E-state index contributed by atoms with van der Waals surface area (Å²) in [6, 6.07) is 7.19. The first-order chi connectivity index (χ1) is 7.11. The molecule has 0 bridgehead atoms. The summed E-state index contributed by atoms with van der Waals surface area (Å²) in [6.45, 7) is 1.17. The lowest BCUT2D eigenvalue weighted by molar-refractivity contribution is -0.134. The third-order valence-corrected chi connectivity index (χ3v) is 2.24. The van der Waals surface area contributed by atoms with Crippen molar-refractivity contribution in [3.63, 3.8) is 0 Å².